The maximum atomic E-state index is 9.64. The SMILES string of the molecule is NC(=O)C#CI. The van der Waals surface area contributed by atoms with Crippen molar-refractivity contribution < 1.29 is 4.79 Å². The molecule has 6 heavy (non-hydrogen) atoms. The highest BCUT2D eigenvalue weighted by Gasteiger charge is 1.73. The van der Waals surface area contributed by atoms with Gasteiger partial charge in [-0.15, -0.1) is 0 Å². The first-order valence-electron chi connectivity index (χ1n) is 1.18. The normalized spacial score (nSPS) is 5.50. The van der Waals surface area contributed by atoms with Crippen molar-refractivity contribution in [1.29, 1.82) is 0 Å². The summed E-state index contributed by atoms with van der Waals surface area (Å²) in [6.07, 6.45) is 0. The molecule has 0 aromatic carbocycles. The summed E-state index contributed by atoms with van der Waals surface area (Å²) in [4.78, 5) is 9.64. The second-order valence-corrected chi connectivity index (χ2v) is 1.12. The van der Waals surface area contributed by atoms with Gasteiger partial charge in [-0.2, -0.15) is 0 Å². The van der Waals surface area contributed by atoms with Crippen molar-refractivity contribution in [2.24, 2.45) is 5.73 Å². The number of rotatable bonds is 0. The quantitative estimate of drug-likeness (QED) is 0.424. The Labute approximate surface area is 49.2 Å². The van der Waals surface area contributed by atoms with Crippen LogP contribution in [0.5, 0.6) is 0 Å². The molecular weight excluding hydrogens is 193 g/mol. The van der Waals surface area contributed by atoms with Gasteiger partial charge in [0.05, 0.1) is 0 Å². The first-order valence-corrected chi connectivity index (χ1v) is 2.26. The van der Waals surface area contributed by atoms with Crippen LogP contribution in [0.2, 0.25) is 0 Å². The van der Waals surface area contributed by atoms with Crippen LogP contribution in [0.3, 0.4) is 0 Å². The maximum absolute atomic E-state index is 9.64. The third-order valence-electron chi connectivity index (χ3n) is 0.170. The highest BCUT2D eigenvalue weighted by atomic mass is 127. The standard InChI is InChI=1S/C3H2INO/c4-2-1-3(5)6/h(H2,5,6). The number of primary amides is 1. The lowest BCUT2D eigenvalue weighted by atomic mass is 10.7. The Morgan fingerprint density at radius 2 is 2.33 bits per heavy atom. The second kappa shape index (κ2) is 2.97. The van der Waals surface area contributed by atoms with Crippen LogP contribution in [-0.2, 0) is 4.79 Å². The van der Waals surface area contributed by atoms with E-state index in [-0.39, 0.29) is 0 Å². The van der Waals surface area contributed by atoms with Crippen molar-refractivity contribution in [2.45, 2.75) is 0 Å². The molecule has 0 spiro atoms. The van der Waals surface area contributed by atoms with Crippen LogP contribution in [0.4, 0.5) is 0 Å². The summed E-state index contributed by atoms with van der Waals surface area (Å²) in [5.41, 5.74) is 4.59. The third kappa shape index (κ3) is 3.76. The Morgan fingerprint density at radius 1 is 1.83 bits per heavy atom. The van der Waals surface area contributed by atoms with Crippen molar-refractivity contribution in [2.75, 3.05) is 0 Å². The molecule has 0 heterocycles. The monoisotopic (exact) mass is 195 g/mol. The van der Waals surface area contributed by atoms with E-state index in [1.807, 2.05) is 0 Å². The van der Waals surface area contributed by atoms with E-state index >= 15 is 0 Å². The number of hydrogen-bond donors (Lipinski definition) is 1. The number of amides is 1. The predicted molar refractivity (Wildman–Crippen MR) is 31.0 cm³/mol. The smallest absolute Gasteiger partial charge is 0.294 e. The fourth-order valence-corrected chi connectivity index (χ4v) is 0.312. The summed E-state index contributed by atoms with van der Waals surface area (Å²) in [7, 11) is 0. The average Bonchev–Trinajstić information content (AvgIpc) is 1.35. The summed E-state index contributed by atoms with van der Waals surface area (Å²) in [6, 6.07) is 0. The largest absolute Gasteiger partial charge is 0.359 e. The van der Waals surface area contributed by atoms with E-state index in [1.165, 1.54) is 0 Å². The summed E-state index contributed by atoms with van der Waals surface area (Å²) >= 11 is 1.74. The molecule has 0 rings (SSSR count). The first kappa shape index (κ1) is 5.76. The van der Waals surface area contributed by atoms with Gasteiger partial charge in [0.1, 0.15) is 0 Å². The molecule has 0 saturated heterocycles. The molecule has 0 saturated carbocycles. The molecule has 1 amide bonds. The lowest BCUT2D eigenvalue weighted by molar-refractivity contribution is -0.112. The zero-order valence-electron chi connectivity index (χ0n) is 2.86. The Hall–Kier alpha value is -0.240. The van der Waals surface area contributed by atoms with Gasteiger partial charge in [-0.05, 0) is 3.93 Å². The molecule has 0 radical (unpaired) electrons. The van der Waals surface area contributed by atoms with E-state index in [2.05, 4.69) is 15.6 Å². The number of halogens is 1. The van der Waals surface area contributed by atoms with Gasteiger partial charge in [0.2, 0.25) is 0 Å². The average molecular weight is 195 g/mol. The Kier molecular flexibility index (Phi) is 2.85. The van der Waals surface area contributed by atoms with Gasteiger partial charge >= 0.3 is 0 Å². The lowest BCUT2D eigenvalue weighted by Gasteiger charge is -1.63. The van der Waals surface area contributed by atoms with Crippen molar-refractivity contribution >= 4 is 28.5 Å². The van der Waals surface area contributed by atoms with E-state index in [0.29, 0.717) is 0 Å². The number of carbonyl (C=O) groups is 1. The first-order chi connectivity index (χ1) is 2.77. The predicted octanol–water partition coefficient (Wildman–Crippen LogP) is -0.132. The molecule has 2 N–H and O–H groups in total. The van der Waals surface area contributed by atoms with Crippen LogP contribution < -0.4 is 5.73 Å². The van der Waals surface area contributed by atoms with E-state index in [0.717, 1.165) is 0 Å². The van der Waals surface area contributed by atoms with Crippen molar-refractivity contribution in [1.82, 2.24) is 0 Å². The number of carbonyl (C=O) groups excluding carboxylic acids is 1. The summed E-state index contributed by atoms with van der Waals surface area (Å²) in [5.74, 6) is 1.50. The van der Waals surface area contributed by atoms with Gasteiger partial charge in [-0.1, -0.05) is 0 Å². The highest BCUT2D eigenvalue weighted by molar-refractivity contribution is 14.1. The lowest BCUT2D eigenvalue weighted by Crippen LogP contribution is -2.05. The van der Waals surface area contributed by atoms with E-state index in [9.17, 15) is 4.79 Å². The van der Waals surface area contributed by atoms with Gasteiger partial charge in [-0.3, -0.25) is 4.79 Å². The zero-order valence-corrected chi connectivity index (χ0v) is 5.02. The van der Waals surface area contributed by atoms with Crippen LogP contribution in [0.25, 0.3) is 0 Å². The molecule has 32 valence electrons. The van der Waals surface area contributed by atoms with Gasteiger partial charge in [0, 0.05) is 28.5 Å². The molecule has 2 nitrogen and oxygen atoms in total. The minimum Gasteiger partial charge on any atom is -0.359 e. The number of hydrogen-bond acceptors (Lipinski definition) is 1. The Bertz CT molecular complexity index is 110. The van der Waals surface area contributed by atoms with Crippen LogP contribution in [0.15, 0.2) is 0 Å². The van der Waals surface area contributed by atoms with E-state index in [1.54, 1.807) is 22.6 Å². The van der Waals surface area contributed by atoms with E-state index in [4.69, 9.17) is 0 Å². The van der Waals surface area contributed by atoms with Crippen molar-refractivity contribution in [3.05, 3.63) is 0 Å². The van der Waals surface area contributed by atoms with Crippen molar-refractivity contribution in [3.63, 3.8) is 0 Å². The molecule has 0 aromatic heterocycles. The minimum atomic E-state index is -0.579. The summed E-state index contributed by atoms with van der Waals surface area (Å²) < 4.78 is 2.31. The topological polar surface area (TPSA) is 43.1 Å². The zero-order chi connectivity index (χ0) is 4.99. The highest BCUT2D eigenvalue weighted by Crippen LogP contribution is 1.67. The van der Waals surface area contributed by atoms with Crippen LogP contribution in [-0.4, -0.2) is 5.91 Å². The Balaban J connectivity index is 3.50. The molecule has 0 aromatic rings. The molecule has 0 aliphatic carbocycles. The molecule has 0 bridgehead atoms. The van der Waals surface area contributed by atoms with Gasteiger partial charge in [-0.25, -0.2) is 0 Å². The molecule has 0 unspecified atom stereocenters. The molecule has 0 atom stereocenters. The third-order valence-corrected chi connectivity index (χ3v) is 0.440. The van der Waals surface area contributed by atoms with Crippen LogP contribution in [0, 0.1) is 9.85 Å². The van der Waals surface area contributed by atoms with Crippen LogP contribution in [0.1, 0.15) is 0 Å². The van der Waals surface area contributed by atoms with Crippen LogP contribution >= 0.6 is 22.6 Å². The maximum Gasteiger partial charge on any atom is 0.294 e. The summed E-state index contributed by atoms with van der Waals surface area (Å²) in [6.45, 7) is 0. The molecule has 0 aliphatic rings. The molecule has 0 fully saturated rings. The Morgan fingerprint density at radius 3 is 2.33 bits per heavy atom. The molecule has 0 aliphatic heterocycles. The minimum absolute atomic E-state index is 0.579. The second-order valence-electron chi connectivity index (χ2n) is 0.584. The van der Waals surface area contributed by atoms with Crippen molar-refractivity contribution in [3.8, 4) is 9.85 Å². The van der Waals surface area contributed by atoms with Gasteiger partial charge in [0.15, 0.2) is 0 Å². The fourth-order valence-electron chi connectivity index (χ4n) is 0.0466. The number of nitrogens with two attached hydrogens (primary N) is 1. The van der Waals surface area contributed by atoms with Gasteiger partial charge < -0.3 is 5.73 Å². The summed E-state index contributed by atoms with van der Waals surface area (Å²) in [5, 5.41) is 0. The molecule has 3 heteroatoms. The van der Waals surface area contributed by atoms with Gasteiger partial charge in [0.25, 0.3) is 5.91 Å². The fraction of sp³-hybridized carbons (Fsp3) is 0. The van der Waals surface area contributed by atoms with E-state index < -0.39 is 5.91 Å². The molecular formula is C3H2INO.